The second kappa shape index (κ2) is 3.99. The van der Waals surface area contributed by atoms with E-state index in [9.17, 15) is 0 Å². The number of hydrogen-bond acceptors (Lipinski definition) is 1. The van der Waals surface area contributed by atoms with E-state index in [1.165, 1.54) is 42.9 Å². The standard InChI is InChI=1S/C12H18N2/c1-3-4-9-14-10(2)13-11-7-5-6-8-12(11)14/h3H,1,4-9H2,2H3. The minimum atomic E-state index is 1.05. The fraction of sp³-hybridized carbons (Fsp3) is 0.583. The van der Waals surface area contributed by atoms with Crippen molar-refractivity contribution in [2.75, 3.05) is 0 Å². The molecular weight excluding hydrogens is 172 g/mol. The average molecular weight is 190 g/mol. The fourth-order valence-corrected chi connectivity index (χ4v) is 2.25. The lowest BCUT2D eigenvalue weighted by atomic mass is 10.0. The molecule has 14 heavy (non-hydrogen) atoms. The number of aromatic nitrogens is 2. The molecule has 0 fully saturated rings. The molecule has 1 heterocycles. The van der Waals surface area contributed by atoms with Crippen LogP contribution in [0, 0.1) is 6.92 Å². The van der Waals surface area contributed by atoms with Gasteiger partial charge >= 0.3 is 0 Å². The lowest BCUT2D eigenvalue weighted by Crippen LogP contribution is -2.09. The van der Waals surface area contributed by atoms with Crippen molar-refractivity contribution in [2.24, 2.45) is 0 Å². The third kappa shape index (κ3) is 1.61. The van der Waals surface area contributed by atoms with E-state index in [2.05, 4.69) is 23.1 Å². The summed E-state index contributed by atoms with van der Waals surface area (Å²) in [5, 5.41) is 0. The van der Waals surface area contributed by atoms with Gasteiger partial charge in [0.15, 0.2) is 0 Å². The van der Waals surface area contributed by atoms with Gasteiger partial charge in [-0.1, -0.05) is 6.08 Å². The van der Waals surface area contributed by atoms with Gasteiger partial charge in [0.1, 0.15) is 5.82 Å². The van der Waals surface area contributed by atoms with Gasteiger partial charge in [0.05, 0.1) is 5.69 Å². The Morgan fingerprint density at radius 3 is 3.00 bits per heavy atom. The first-order valence-electron chi connectivity index (χ1n) is 5.48. The van der Waals surface area contributed by atoms with Gasteiger partial charge in [-0.2, -0.15) is 0 Å². The molecule has 1 aliphatic carbocycles. The number of rotatable bonds is 3. The van der Waals surface area contributed by atoms with E-state index in [1.54, 1.807) is 0 Å². The molecule has 1 aliphatic rings. The summed E-state index contributed by atoms with van der Waals surface area (Å²) in [7, 11) is 0. The Morgan fingerprint density at radius 1 is 1.43 bits per heavy atom. The van der Waals surface area contributed by atoms with E-state index in [1.807, 2.05) is 6.08 Å². The summed E-state index contributed by atoms with van der Waals surface area (Å²) < 4.78 is 2.37. The Labute approximate surface area is 85.7 Å². The molecule has 0 spiro atoms. The van der Waals surface area contributed by atoms with Crippen molar-refractivity contribution in [3.05, 3.63) is 29.9 Å². The van der Waals surface area contributed by atoms with Crippen LogP contribution in [0.1, 0.15) is 36.5 Å². The molecule has 0 amide bonds. The molecule has 0 aliphatic heterocycles. The highest BCUT2D eigenvalue weighted by Crippen LogP contribution is 2.22. The van der Waals surface area contributed by atoms with Gasteiger partial charge < -0.3 is 4.57 Å². The van der Waals surface area contributed by atoms with Gasteiger partial charge in [0.25, 0.3) is 0 Å². The van der Waals surface area contributed by atoms with Crippen molar-refractivity contribution in [1.82, 2.24) is 9.55 Å². The maximum atomic E-state index is 4.63. The quantitative estimate of drug-likeness (QED) is 0.670. The lowest BCUT2D eigenvalue weighted by molar-refractivity contribution is 0.600. The molecule has 0 atom stereocenters. The molecule has 1 aromatic rings. The van der Waals surface area contributed by atoms with Gasteiger partial charge in [-0.15, -0.1) is 6.58 Å². The van der Waals surface area contributed by atoms with E-state index in [4.69, 9.17) is 0 Å². The van der Waals surface area contributed by atoms with Crippen molar-refractivity contribution in [2.45, 2.75) is 45.6 Å². The maximum absolute atomic E-state index is 4.63. The van der Waals surface area contributed by atoms with Crippen LogP contribution in [0.4, 0.5) is 0 Å². The van der Waals surface area contributed by atoms with E-state index in [-0.39, 0.29) is 0 Å². The first-order valence-corrected chi connectivity index (χ1v) is 5.48. The molecule has 0 bridgehead atoms. The highest BCUT2D eigenvalue weighted by atomic mass is 15.1. The van der Waals surface area contributed by atoms with Gasteiger partial charge in [-0.05, 0) is 39.0 Å². The molecule has 76 valence electrons. The average Bonchev–Trinajstić information content (AvgIpc) is 2.51. The van der Waals surface area contributed by atoms with Crippen LogP contribution < -0.4 is 0 Å². The number of fused-ring (bicyclic) bond motifs is 1. The normalized spacial score (nSPS) is 15.2. The zero-order valence-corrected chi connectivity index (χ0v) is 8.92. The predicted molar refractivity (Wildman–Crippen MR) is 58.4 cm³/mol. The predicted octanol–water partition coefficient (Wildman–Crippen LogP) is 2.65. The van der Waals surface area contributed by atoms with Crippen LogP contribution in [0.2, 0.25) is 0 Å². The van der Waals surface area contributed by atoms with Gasteiger partial charge in [-0.3, -0.25) is 0 Å². The second-order valence-electron chi connectivity index (χ2n) is 3.99. The van der Waals surface area contributed by atoms with Crippen molar-refractivity contribution in [3.8, 4) is 0 Å². The van der Waals surface area contributed by atoms with Crippen LogP contribution in [-0.2, 0) is 19.4 Å². The lowest BCUT2D eigenvalue weighted by Gasteiger charge is -2.13. The van der Waals surface area contributed by atoms with E-state index >= 15 is 0 Å². The summed E-state index contributed by atoms with van der Waals surface area (Å²) in [5.41, 5.74) is 2.83. The minimum absolute atomic E-state index is 1.05. The molecule has 2 rings (SSSR count). The van der Waals surface area contributed by atoms with E-state index in [0.29, 0.717) is 0 Å². The molecular formula is C12H18N2. The molecule has 0 aromatic carbocycles. The zero-order valence-electron chi connectivity index (χ0n) is 8.92. The summed E-state index contributed by atoms with van der Waals surface area (Å²) in [6, 6.07) is 0. The highest BCUT2D eigenvalue weighted by Gasteiger charge is 2.16. The molecule has 0 saturated carbocycles. The largest absolute Gasteiger partial charge is 0.332 e. The number of nitrogens with zero attached hydrogens (tertiary/aromatic N) is 2. The summed E-state index contributed by atoms with van der Waals surface area (Å²) in [6.45, 7) is 6.93. The van der Waals surface area contributed by atoms with Crippen LogP contribution in [0.5, 0.6) is 0 Å². The van der Waals surface area contributed by atoms with Crippen molar-refractivity contribution >= 4 is 0 Å². The smallest absolute Gasteiger partial charge is 0.106 e. The third-order valence-corrected chi connectivity index (χ3v) is 2.98. The first kappa shape index (κ1) is 9.50. The van der Waals surface area contributed by atoms with E-state index in [0.717, 1.165) is 13.0 Å². The summed E-state index contributed by atoms with van der Waals surface area (Å²) in [5.74, 6) is 1.18. The Morgan fingerprint density at radius 2 is 2.21 bits per heavy atom. The van der Waals surface area contributed by atoms with Crippen LogP contribution in [0.3, 0.4) is 0 Å². The summed E-state index contributed by atoms with van der Waals surface area (Å²) >= 11 is 0. The molecule has 0 unspecified atom stereocenters. The third-order valence-electron chi connectivity index (χ3n) is 2.98. The van der Waals surface area contributed by atoms with Crippen molar-refractivity contribution in [1.29, 1.82) is 0 Å². The van der Waals surface area contributed by atoms with E-state index < -0.39 is 0 Å². The molecule has 2 nitrogen and oxygen atoms in total. The number of hydrogen-bond donors (Lipinski definition) is 0. The molecule has 0 saturated heterocycles. The van der Waals surface area contributed by atoms with Crippen LogP contribution in [0.25, 0.3) is 0 Å². The minimum Gasteiger partial charge on any atom is -0.332 e. The van der Waals surface area contributed by atoms with Gasteiger partial charge in [0, 0.05) is 12.2 Å². The number of allylic oxidation sites excluding steroid dienone is 1. The fourth-order valence-electron chi connectivity index (χ4n) is 2.25. The van der Waals surface area contributed by atoms with Crippen molar-refractivity contribution in [3.63, 3.8) is 0 Å². The molecule has 2 heteroatoms. The van der Waals surface area contributed by atoms with Crippen LogP contribution in [-0.4, -0.2) is 9.55 Å². The summed E-state index contributed by atoms with van der Waals surface area (Å²) in [4.78, 5) is 4.63. The molecule has 0 N–H and O–H groups in total. The first-order chi connectivity index (χ1) is 6.83. The number of imidazole rings is 1. The highest BCUT2D eigenvalue weighted by molar-refractivity contribution is 5.19. The molecule has 0 radical (unpaired) electrons. The molecule has 1 aromatic heterocycles. The Bertz CT molecular complexity index is 336. The van der Waals surface area contributed by atoms with Crippen molar-refractivity contribution < 1.29 is 0 Å². The van der Waals surface area contributed by atoms with Crippen LogP contribution in [0.15, 0.2) is 12.7 Å². The van der Waals surface area contributed by atoms with Crippen LogP contribution >= 0.6 is 0 Å². The Hall–Kier alpha value is -1.05. The monoisotopic (exact) mass is 190 g/mol. The topological polar surface area (TPSA) is 17.8 Å². The maximum Gasteiger partial charge on any atom is 0.106 e. The second-order valence-corrected chi connectivity index (χ2v) is 3.99. The Balaban J connectivity index is 2.28. The number of aryl methyl sites for hydroxylation is 2. The Kier molecular flexibility index (Phi) is 2.71. The SMILES string of the molecule is C=CCCn1c(C)nc2c1CCCC2. The van der Waals surface area contributed by atoms with Gasteiger partial charge in [-0.25, -0.2) is 4.98 Å². The zero-order chi connectivity index (χ0) is 9.97. The van der Waals surface area contributed by atoms with Gasteiger partial charge in [0.2, 0.25) is 0 Å². The summed E-state index contributed by atoms with van der Waals surface area (Å²) in [6.07, 6.45) is 8.06.